The van der Waals surface area contributed by atoms with Gasteiger partial charge in [-0.1, -0.05) is 0 Å². The Labute approximate surface area is 118 Å². The Morgan fingerprint density at radius 2 is 2.00 bits per heavy atom. The molecule has 0 radical (unpaired) electrons. The molecular formula is C15H31N3O. The molecule has 2 rings (SSSR count). The van der Waals surface area contributed by atoms with Crippen molar-refractivity contribution in [2.75, 3.05) is 52.9 Å². The second-order valence-corrected chi connectivity index (χ2v) is 7.30. The Hall–Kier alpha value is -0.160. The van der Waals surface area contributed by atoms with E-state index in [1.165, 1.54) is 19.5 Å². The molecule has 0 aromatic carbocycles. The maximum atomic E-state index is 5.86. The number of nitrogens with zero attached hydrogens (tertiary/aromatic N) is 2. The quantitative estimate of drug-likeness (QED) is 0.825. The highest BCUT2D eigenvalue weighted by molar-refractivity contribution is 4.83. The van der Waals surface area contributed by atoms with Crippen LogP contribution in [0.2, 0.25) is 0 Å². The molecule has 4 nitrogen and oxygen atoms in total. The summed E-state index contributed by atoms with van der Waals surface area (Å²) in [6, 6.07) is 0. The van der Waals surface area contributed by atoms with Crippen molar-refractivity contribution in [3.8, 4) is 0 Å². The highest BCUT2D eigenvalue weighted by Crippen LogP contribution is 2.18. The first-order valence-corrected chi connectivity index (χ1v) is 7.70. The zero-order valence-electron chi connectivity index (χ0n) is 13.1. The SMILES string of the molecule is CN1CCOC(CN2CCC(CNC(C)(C)C)C2)C1. The number of rotatable bonds is 4. The molecule has 2 atom stereocenters. The molecule has 2 fully saturated rings. The van der Waals surface area contributed by atoms with Gasteiger partial charge in [-0.05, 0) is 53.2 Å². The summed E-state index contributed by atoms with van der Waals surface area (Å²) in [5.41, 5.74) is 0.239. The molecule has 0 saturated carbocycles. The third-order valence-corrected chi connectivity index (χ3v) is 4.09. The van der Waals surface area contributed by atoms with Crippen LogP contribution in [0.1, 0.15) is 27.2 Å². The lowest BCUT2D eigenvalue weighted by molar-refractivity contribution is -0.0331. The van der Waals surface area contributed by atoms with E-state index in [0.717, 1.165) is 38.7 Å². The molecule has 0 aromatic heterocycles. The lowest BCUT2D eigenvalue weighted by atomic mass is 10.1. The standard InChI is InChI=1S/C15H31N3O/c1-15(2,3)16-9-13-5-6-18(10-13)12-14-11-17(4)7-8-19-14/h13-14,16H,5-12H2,1-4H3. The molecule has 2 aliphatic rings. The molecular weight excluding hydrogens is 238 g/mol. The average Bonchev–Trinajstić information content (AvgIpc) is 2.73. The summed E-state index contributed by atoms with van der Waals surface area (Å²) in [6.07, 6.45) is 1.74. The molecule has 0 spiro atoms. The Kier molecular flexibility index (Phi) is 5.23. The van der Waals surface area contributed by atoms with E-state index in [-0.39, 0.29) is 5.54 Å². The Balaban J connectivity index is 1.67. The van der Waals surface area contributed by atoms with E-state index in [2.05, 4.69) is 42.9 Å². The monoisotopic (exact) mass is 269 g/mol. The summed E-state index contributed by atoms with van der Waals surface area (Å²) in [6.45, 7) is 14.5. The molecule has 0 aliphatic carbocycles. The van der Waals surface area contributed by atoms with Crippen LogP contribution < -0.4 is 5.32 Å². The van der Waals surface area contributed by atoms with Crippen LogP contribution in [0.3, 0.4) is 0 Å². The minimum Gasteiger partial charge on any atom is -0.374 e. The number of ether oxygens (including phenoxy) is 1. The largest absolute Gasteiger partial charge is 0.374 e. The van der Waals surface area contributed by atoms with Gasteiger partial charge in [0.1, 0.15) is 0 Å². The van der Waals surface area contributed by atoms with Crippen LogP contribution in [0.25, 0.3) is 0 Å². The van der Waals surface area contributed by atoms with Crippen LogP contribution >= 0.6 is 0 Å². The van der Waals surface area contributed by atoms with Crippen molar-refractivity contribution in [2.45, 2.75) is 38.8 Å². The minimum atomic E-state index is 0.239. The topological polar surface area (TPSA) is 27.7 Å². The molecule has 2 aliphatic heterocycles. The van der Waals surface area contributed by atoms with E-state index in [4.69, 9.17) is 4.74 Å². The summed E-state index contributed by atoms with van der Waals surface area (Å²) >= 11 is 0. The van der Waals surface area contributed by atoms with E-state index in [1.54, 1.807) is 0 Å². The molecule has 2 heterocycles. The van der Waals surface area contributed by atoms with Crippen molar-refractivity contribution in [3.05, 3.63) is 0 Å². The molecule has 4 heteroatoms. The zero-order valence-corrected chi connectivity index (χ0v) is 13.1. The van der Waals surface area contributed by atoms with Crippen LogP contribution in [0.4, 0.5) is 0 Å². The second kappa shape index (κ2) is 6.53. The molecule has 2 saturated heterocycles. The van der Waals surface area contributed by atoms with Crippen LogP contribution in [0, 0.1) is 5.92 Å². The van der Waals surface area contributed by atoms with Crippen molar-refractivity contribution in [1.29, 1.82) is 0 Å². The summed E-state index contributed by atoms with van der Waals surface area (Å²) in [5.74, 6) is 0.806. The summed E-state index contributed by atoms with van der Waals surface area (Å²) < 4.78 is 5.86. The van der Waals surface area contributed by atoms with Gasteiger partial charge in [0.15, 0.2) is 0 Å². The summed E-state index contributed by atoms with van der Waals surface area (Å²) in [4.78, 5) is 4.96. The maximum Gasteiger partial charge on any atom is 0.0829 e. The zero-order chi connectivity index (χ0) is 13.9. The Morgan fingerprint density at radius 1 is 1.21 bits per heavy atom. The molecule has 2 unspecified atom stereocenters. The van der Waals surface area contributed by atoms with Gasteiger partial charge in [0.25, 0.3) is 0 Å². The van der Waals surface area contributed by atoms with Crippen molar-refractivity contribution in [2.24, 2.45) is 5.92 Å². The van der Waals surface area contributed by atoms with E-state index in [9.17, 15) is 0 Å². The van der Waals surface area contributed by atoms with Gasteiger partial charge >= 0.3 is 0 Å². The van der Waals surface area contributed by atoms with Gasteiger partial charge in [-0.3, -0.25) is 0 Å². The lowest BCUT2D eigenvalue weighted by Gasteiger charge is -2.32. The molecule has 19 heavy (non-hydrogen) atoms. The van der Waals surface area contributed by atoms with Crippen molar-refractivity contribution in [3.63, 3.8) is 0 Å². The fourth-order valence-corrected chi connectivity index (χ4v) is 2.96. The maximum absolute atomic E-state index is 5.86. The predicted molar refractivity (Wildman–Crippen MR) is 79.5 cm³/mol. The molecule has 112 valence electrons. The fraction of sp³-hybridized carbons (Fsp3) is 1.00. The van der Waals surface area contributed by atoms with Crippen molar-refractivity contribution in [1.82, 2.24) is 15.1 Å². The smallest absolute Gasteiger partial charge is 0.0829 e. The Bertz CT molecular complexity index is 277. The highest BCUT2D eigenvalue weighted by Gasteiger charge is 2.27. The summed E-state index contributed by atoms with van der Waals surface area (Å²) in [5, 5.41) is 3.63. The van der Waals surface area contributed by atoms with Crippen molar-refractivity contribution < 1.29 is 4.74 Å². The molecule has 0 amide bonds. The number of nitrogens with one attached hydrogen (secondary N) is 1. The van der Waals surface area contributed by atoms with Crippen LogP contribution in [0.5, 0.6) is 0 Å². The first kappa shape index (κ1) is 15.2. The van der Waals surface area contributed by atoms with E-state index in [0.29, 0.717) is 6.10 Å². The van der Waals surface area contributed by atoms with Gasteiger partial charge < -0.3 is 19.9 Å². The number of likely N-dealkylation sites (N-methyl/N-ethyl adjacent to an activating group) is 1. The van der Waals surface area contributed by atoms with Gasteiger partial charge in [0.05, 0.1) is 12.7 Å². The Morgan fingerprint density at radius 3 is 2.68 bits per heavy atom. The summed E-state index contributed by atoms with van der Waals surface area (Å²) in [7, 11) is 2.19. The van der Waals surface area contributed by atoms with Crippen LogP contribution in [-0.2, 0) is 4.74 Å². The highest BCUT2D eigenvalue weighted by atomic mass is 16.5. The van der Waals surface area contributed by atoms with E-state index < -0.39 is 0 Å². The number of hydrogen-bond donors (Lipinski definition) is 1. The minimum absolute atomic E-state index is 0.239. The van der Waals surface area contributed by atoms with Crippen molar-refractivity contribution >= 4 is 0 Å². The van der Waals surface area contributed by atoms with Crippen LogP contribution in [0.15, 0.2) is 0 Å². The van der Waals surface area contributed by atoms with Gasteiger partial charge in [-0.25, -0.2) is 0 Å². The van der Waals surface area contributed by atoms with Crippen LogP contribution in [-0.4, -0.2) is 74.4 Å². The number of hydrogen-bond acceptors (Lipinski definition) is 4. The molecule has 0 bridgehead atoms. The number of likely N-dealkylation sites (tertiary alicyclic amines) is 1. The molecule has 0 aromatic rings. The lowest BCUT2D eigenvalue weighted by Crippen LogP contribution is -2.46. The fourth-order valence-electron chi connectivity index (χ4n) is 2.96. The average molecular weight is 269 g/mol. The number of morpholine rings is 1. The first-order valence-electron chi connectivity index (χ1n) is 7.70. The van der Waals surface area contributed by atoms with Gasteiger partial charge in [-0.2, -0.15) is 0 Å². The third-order valence-electron chi connectivity index (χ3n) is 4.09. The second-order valence-electron chi connectivity index (χ2n) is 7.30. The normalized spacial score (nSPS) is 30.9. The van der Waals surface area contributed by atoms with E-state index >= 15 is 0 Å². The van der Waals surface area contributed by atoms with Gasteiger partial charge in [-0.15, -0.1) is 0 Å². The molecule has 1 N–H and O–H groups in total. The van der Waals surface area contributed by atoms with Gasteiger partial charge in [0, 0.05) is 31.7 Å². The first-order chi connectivity index (χ1) is 8.92. The third kappa shape index (κ3) is 5.38. The van der Waals surface area contributed by atoms with E-state index in [1.807, 2.05) is 0 Å². The predicted octanol–water partition coefficient (Wildman–Crippen LogP) is 1.03. The van der Waals surface area contributed by atoms with Gasteiger partial charge in [0.2, 0.25) is 0 Å².